The molecule has 0 aliphatic carbocycles. The molecule has 0 heterocycles. The molecule has 2 rings (SSSR count). The van der Waals surface area contributed by atoms with E-state index in [-0.39, 0.29) is 24.2 Å². The Morgan fingerprint density at radius 3 is 1.68 bits per heavy atom. The Balaban J connectivity index is 2.33. The lowest BCUT2D eigenvalue weighted by molar-refractivity contribution is -0.128. The van der Waals surface area contributed by atoms with Gasteiger partial charge in [-0.05, 0) is 12.1 Å². The molecule has 0 bridgehead atoms. The Hall–Kier alpha value is -3.41. The maximum Gasteiger partial charge on any atom is 0.253 e. The van der Waals surface area contributed by atoms with Gasteiger partial charge in [-0.2, -0.15) is 0 Å². The van der Waals surface area contributed by atoms with Gasteiger partial charge in [0.1, 0.15) is 6.04 Å². The molecule has 0 spiro atoms. The highest BCUT2D eigenvalue weighted by molar-refractivity contribution is 5.81. The molecule has 11 heteroatoms. The molecule has 0 aromatic heterocycles. The lowest BCUT2D eigenvalue weighted by atomic mass is 10.1. The van der Waals surface area contributed by atoms with Crippen molar-refractivity contribution in [3.63, 3.8) is 0 Å². The van der Waals surface area contributed by atoms with E-state index in [1.807, 2.05) is 0 Å². The molecule has 2 aromatic carbocycles. The van der Waals surface area contributed by atoms with Gasteiger partial charge in [0.25, 0.3) is 5.91 Å². The lowest BCUT2D eigenvalue weighted by Gasteiger charge is -2.25. The molecule has 0 saturated heterocycles. The van der Waals surface area contributed by atoms with Crippen LogP contribution in [0.2, 0.25) is 0 Å². The number of aliphatic hydroxyl groups is 1. The van der Waals surface area contributed by atoms with E-state index in [9.17, 15) is 35.4 Å². The number of carbonyl (C=O) groups excluding carboxylic acids is 1. The zero-order valence-corrected chi connectivity index (χ0v) is 14.6. The largest absolute Gasteiger partial charge is 0.504 e. The third-order valence-corrected chi connectivity index (χ3v) is 3.95. The first-order valence-electron chi connectivity index (χ1n) is 8.03. The molecule has 0 radical (unpaired) electrons. The van der Waals surface area contributed by atoms with Crippen molar-refractivity contribution in [1.82, 2.24) is 10.4 Å². The first-order valence-corrected chi connectivity index (χ1v) is 8.03. The smallest absolute Gasteiger partial charge is 0.253 e. The second-order valence-electron chi connectivity index (χ2n) is 6.00. The topological polar surface area (TPSA) is 200 Å². The summed E-state index contributed by atoms with van der Waals surface area (Å²) in [5, 5.41) is 68.3. The molecular formula is C17H21N3O8. The van der Waals surface area contributed by atoms with Crippen molar-refractivity contribution in [2.24, 2.45) is 5.73 Å². The summed E-state index contributed by atoms with van der Waals surface area (Å²) < 4.78 is 0. The molecular weight excluding hydrogens is 374 g/mol. The quantitative estimate of drug-likeness (QED) is 0.213. The van der Waals surface area contributed by atoms with Crippen LogP contribution in [0.5, 0.6) is 34.5 Å². The molecule has 0 aliphatic rings. The van der Waals surface area contributed by atoms with Crippen LogP contribution in [0.1, 0.15) is 11.1 Å². The fraction of sp³-hybridized carbons (Fsp3) is 0.235. The minimum atomic E-state index is -1.24. The second kappa shape index (κ2) is 8.52. The number of hydrazine groups is 1. The number of phenols is 6. The first kappa shape index (κ1) is 20.9. The van der Waals surface area contributed by atoms with Gasteiger partial charge in [0.2, 0.25) is 11.5 Å². The summed E-state index contributed by atoms with van der Waals surface area (Å²) in [4.78, 5) is 12.0. The van der Waals surface area contributed by atoms with E-state index in [0.29, 0.717) is 0 Å². The highest BCUT2D eigenvalue weighted by Gasteiger charge is 2.21. The number of amides is 1. The van der Waals surface area contributed by atoms with Gasteiger partial charge < -0.3 is 41.5 Å². The third-order valence-electron chi connectivity index (χ3n) is 3.95. The Morgan fingerprint density at radius 2 is 1.29 bits per heavy atom. The Morgan fingerprint density at radius 1 is 0.857 bits per heavy atom. The minimum Gasteiger partial charge on any atom is -0.504 e. The van der Waals surface area contributed by atoms with Gasteiger partial charge in [-0.1, -0.05) is 12.1 Å². The lowest BCUT2D eigenvalue weighted by Crippen LogP contribution is -2.50. The molecule has 0 saturated carbocycles. The number of nitrogens with zero attached hydrogens (tertiary/aromatic N) is 1. The van der Waals surface area contributed by atoms with Crippen LogP contribution in [-0.4, -0.2) is 59.3 Å². The van der Waals surface area contributed by atoms with E-state index in [0.717, 1.165) is 12.1 Å². The highest BCUT2D eigenvalue weighted by atomic mass is 16.3. The van der Waals surface area contributed by atoms with E-state index in [2.05, 4.69) is 5.43 Å². The average molecular weight is 395 g/mol. The molecule has 0 fully saturated rings. The highest BCUT2D eigenvalue weighted by Crippen LogP contribution is 2.39. The number of rotatable bonds is 7. The molecule has 1 atom stereocenters. The number of phenolic OH excluding ortho intramolecular Hbond substituents is 6. The van der Waals surface area contributed by atoms with E-state index >= 15 is 0 Å². The molecule has 11 nitrogen and oxygen atoms in total. The summed E-state index contributed by atoms with van der Waals surface area (Å²) in [7, 11) is 0. The van der Waals surface area contributed by atoms with Crippen molar-refractivity contribution in [3.05, 3.63) is 35.4 Å². The van der Waals surface area contributed by atoms with Crippen LogP contribution in [0.15, 0.2) is 24.3 Å². The van der Waals surface area contributed by atoms with Crippen LogP contribution in [0.4, 0.5) is 0 Å². The van der Waals surface area contributed by atoms with Crippen molar-refractivity contribution < 1.29 is 40.5 Å². The molecule has 2 aromatic rings. The zero-order valence-electron chi connectivity index (χ0n) is 14.6. The van der Waals surface area contributed by atoms with Crippen LogP contribution in [0.25, 0.3) is 0 Å². The van der Waals surface area contributed by atoms with Crippen LogP contribution < -0.4 is 11.2 Å². The van der Waals surface area contributed by atoms with E-state index in [4.69, 9.17) is 10.8 Å². The first-order chi connectivity index (χ1) is 13.1. The van der Waals surface area contributed by atoms with Gasteiger partial charge in [0, 0.05) is 24.2 Å². The van der Waals surface area contributed by atoms with Gasteiger partial charge in [-0.15, -0.1) is 0 Å². The van der Waals surface area contributed by atoms with Gasteiger partial charge in [0.15, 0.2) is 23.0 Å². The van der Waals surface area contributed by atoms with Crippen molar-refractivity contribution in [2.45, 2.75) is 19.1 Å². The van der Waals surface area contributed by atoms with Gasteiger partial charge >= 0.3 is 0 Å². The fourth-order valence-corrected chi connectivity index (χ4v) is 2.34. The fourth-order valence-electron chi connectivity index (χ4n) is 2.34. The number of nitrogens with two attached hydrogens (primary N) is 1. The van der Waals surface area contributed by atoms with Gasteiger partial charge in [-0.25, -0.2) is 5.01 Å². The molecule has 1 amide bonds. The summed E-state index contributed by atoms with van der Waals surface area (Å²) >= 11 is 0. The predicted octanol–water partition coefficient (Wildman–Crippen LogP) is -0.727. The summed E-state index contributed by atoms with van der Waals surface area (Å²) in [5.41, 5.74) is 8.07. The number of benzene rings is 2. The van der Waals surface area contributed by atoms with E-state index in [1.54, 1.807) is 0 Å². The normalized spacial score (nSPS) is 12.1. The molecule has 1 unspecified atom stereocenters. The molecule has 10 N–H and O–H groups in total. The Kier molecular flexibility index (Phi) is 6.36. The number of nitrogens with one attached hydrogen (secondary N) is 1. The van der Waals surface area contributed by atoms with Crippen LogP contribution in [0.3, 0.4) is 0 Å². The standard InChI is InChI=1S/C17H21N3O8/c18-10(7-21)17(28)19-20(5-8-1-3-11(22)15(26)13(8)24)6-9-2-4-12(23)16(27)14(9)25/h1-4,10,21-27H,5-7,18H2,(H,19,28). The van der Waals surface area contributed by atoms with Gasteiger partial charge in [-0.3, -0.25) is 10.2 Å². The SMILES string of the molecule is NC(CO)C(=O)NN(Cc1ccc(O)c(O)c1O)Cc1ccc(O)c(O)c1O. The van der Waals surface area contributed by atoms with Crippen molar-refractivity contribution in [3.8, 4) is 34.5 Å². The van der Waals surface area contributed by atoms with Crippen molar-refractivity contribution in [2.75, 3.05) is 6.61 Å². The maximum absolute atomic E-state index is 12.0. The maximum atomic E-state index is 12.0. The van der Waals surface area contributed by atoms with Crippen molar-refractivity contribution >= 4 is 5.91 Å². The summed E-state index contributed by atoms with van der Waals surface area (Å²) in [5.74, 6) is -4.60. The third kappa shape index (κ3) is 4.46. The number of aliphatic hydroxyl groups excluding tert-OH is 1. The van der Waals surface area contributed by atoms with Crippen LogP contribution >= 0.6 is 0 Å². The second-order valence-corrected chi connectivity index (χ2v) is 6.00. The number of hydrogen-bond acceptors (Lipinski definition) is 10. The number of carbonyl (C=O) groups is 1. The number of hydrogen-bond donors (Lipinski definition) is 9. The number of aromatic hydroxyl groups is 6. The predicted molar refractivity (Wildman–Crippen MR) is 95.3 cm³/mol. The average Bonchev–Trinajstić information content (AvgIpc) is 2.67. The van der Waals surface area contributed by atoms with Gasteiger partial charge in [0.05, 0.1) is 6.61 Å². The molecule has 0 aliphatic heterocycles. The van der Waals surface area contributed by atoms with Crippen molar-refractivity contribution in [1.29, 1.82) is 0 Å². The van der Waals surface area contributed by atoms with E-state index in [1.165, 1.54) is 17.1 Å². The Bertz CT molecular complexity index is 814. The molecule has 152 valence electrons. The minimum absolute atomic E-state index is 0.107. The summed E-state index contributed by atoms with van der Waals surface area (Å²) in [6.07, 6.45) is 0. The van der Waals surface area contributed by atoms with Crippen LogP contribution in [0, 0.1) is 0 Å². The van der Waals surface area contributed by atoms with E-state index < -0.39 is 53.1 Å². The van der Waals surface area contributed by atoms with Crippen LogP contribution in [-0.2, 0) is 17.9 Å². The summed E-state index contributed by atoms with van der Waals surface area (Å²) in [6.45, 7) is -1.06. The zero-order chi connectivity index (χ0) is 21.0. The summed E-state index contributed by atoms with van der Waals surface area (Å²) in [6, 6.07) is 3.61. The monoisotopic (exact) mass is 395 g/mol. The Labute approximate surface area is 159 Å². The molecule has 28 heavy (non-hydrogen) atoms.